The zero-order valence-corrected chi connectivity index (χ0v) is 21.8. The predicted molar refractivity (Wildman–Crippen MR) is 134 cm³/mol. The van der Waals surface area contributed by atoms with Gasteiger partial charge in [-0.25, -0.2) is 23.8 Å². The third kappa shape index (κ3) is 5.33. The van der Waals surface area contributed by atoms with Gasteiger partial charge in [0.15, 0.2) is 0 Å². The van der Waals surface area contributed by atoms with Crippen LogP contribution in [0.1, 0.15) is 25.5 Å². The Bertz CT molecular complexity index is 1340. The summed E-state index contributed by atoms with van der Waals surface area (Å²) in [6.45, 7) is 3.24. The van der Waals surface area contributed by atoms with Gasteiger partial charge in [-0.1, -0.05) is 11.6 Å². The molecule has 3 aliphatic rings. The Balaban J connectivity index is 1.13. The minimum Gasteiger partial charge on any atom is -0.471 e. The molecule has 11 nitrogen and oxygen atoms in total. The van der Waals surface area contributed by atoms with E-state index in [-0.39, 0.29) is 52.4 Å². The first kappa shape index (κ1) is 25.7. The van der Waals surface area contributed by atoms with Gasteiger partial charge in [-0.3, -0.25) is 0 Å². The maximum atomic E-state index is 15.4. The van der Waals surface area contributed by atoms with E-state index >= 15 is 4.39 Å². The number of ether oxygens (including phenoxy) is 3. The fourth-order valence-corrected chi connectivity index (χ4v) is 5.16. The molecule has 2 unspecified atom stereocenters. The normalized spacial score (nSPS) is 23.3. The maximum Gasteiger partial charge on any atom is 0.410 e. The lowest BCUT2D eigenvalue weighted by Crippen LogP contribution is -2.59. The van der Waals surface area contributed by atoms with Crippen LogP contribution in [0, 0.1) is 23.5 Å². The maximum absolute atomic E-state index is 15.4. The highest BCUT2D eigenvalue weighted by molar-refractivity contribution is 6.33. The van der Waals surface area contributed by atoms with Gasteiger partial charge in [-0.15, -0.1) is 0 Å². The number of fused-ring (bicyclic) bond motifs is 2. The number of amides is 1. The zero-order chi connectivity index (χ0) is 27.1. The Kier molecular flexibility index (Phi) is 6.71. The van der Waals surface area contributed by atoms with Gasteiger partial charge in [0.1, 0.15) is 42.2 Å². The van der Waals surface area contributed by atoms with Crippen LogP contribution in [-0.2, 0) is 16.0 Å². The first-order valence-electron chi connectivity index (χ1n) is 12.6. The standard InChI is InChI=1S/C25H26ClF2N7O4/c1-25(2-3-25)39-24(36)34-7-14-9-37-10-15(8-34)22(14)38-23-20(28)19(31-12-32-23)6-30-21-17(26)4-16(5-18(21)27)35-13-29-11-33-35/h4-5,11-15,22,30H,2-3,6-10H2,1H3. The number of nitrogens with zero attached hydrogens (tertiary/aromatic N) is 6. The summed E-state index contributed by atoms with van der Waals surface area (Å²) in [4.78, 5) is 26.2. The molecule has 1 aromatic carbocycles. The van der Waals surface area contributed by atoms with Gasteiger partial charge in [0.05, 0.1) is 36.2 Å². The molecule has 0 radical (unpaired) electrons. The fraction of sp³-hybridized carbons (Fsp3) is 0.480. The Labute approximate surface area is 227 Å². The van der Waals surface area contributed by atoms with Crippen LogP contribution in [0.2, 0.25) is 5.02 Å². The number of hydrogen-bond donors (Lipinski definition) is 1. The van der Waals surface area contributed by atoms with Crippen molar-refractivity contribution in [2.75, 3.05) is 31.6 Å². The monoisotopic (exact) mass is 561 g/mol. The summed E-state index contributed by atoms with van der Waals surface area (Å²) < 4.78 is 48.9. The molecule has 3 fully saturated rings. The number of halogens is 3. The van der Waals surface area contributed by atoms with E-state index in [1.807, 2.05) is 6.92 Å². The Morgan fingerprint density at radius 2 is 1.97 bits per heavy atom. The zero-order valence-electron chi connectivity index (χ0n) is 21.0. The summed E-state index contributed by atoms with van der Waals surface area (Å²) in [6.07, 6.45) is 4.92. The number of likely N-dealkylation sites (tertiary alicyclic amines) is 1. The van der Waals surface area contributed by atoms with Crippen molar-refractivity contribution in [1.29, 1.82) is 0 Å². The Morgan fingerprint density at radius 3 is 2.64 bits per heavy atom. The van der Waals surface area contributed by atoms with Crippen LogP contribution in [0.4, 0.5) is 19.3 Å². The molecule has 39 heavy (non-hydrogen) atoms. The van der Waals surface area contributed by atoms with E-state index in [1.54, 1.807) is 4.90 Å². The van der Waals surface area contributed by atoms with Gasteiger partial charge >= 0.3 is 6.09 Å². The highest BCUT2D eigenvalue weighted by atomic mass is 35.5. The lowest BCUT2D eigenvalue weighted by Gasteiger charge is -2.46. The second kappa shape index (κ2) is 10.2. The van der Waals surface area contributed by atoms with Crippen molar-refractivity contribution in [3.8, 4) is 11.6 Å². The summed E-state index contributed by atoms with van der Waals surface area (Å²) >= 11 is 6.28. The molecular formula is C25H26ClF2N7O4. The van der Waals surface area contributed by atoms with Crippen molar-refractivity contribution in [3.05, 3.63) is 53.5 Å². The molecule has 2 atom stereocenters. The first-order valence-corrected chi connectivity index (χ1v) is 13.0. The number of aromatic nitrogens is 5. The van der Waals surface area contributed by atoms with Gasteiger partial charge in [-0.2, -0.15) is 14.5 Å². The van der Waals surface area contributed by atoms with Crippen LogP contribution in [0.25, 0.3) is 5.69 Å². The van der Waals surface area contributed by atoms with E-state index in [0.717, 1.165) is 12.8 Å². The number of nitrogens with one attached hydrogen (secondary N) is 1. The molecule has 1 N–H and O–H groups in total. The van der Waals surface area contributed by atoms with Gasteiger partial charge in [0.25, 0.3) is 5.88 Å². The van der Waals surface area contributed by atoms with Crippen LogP contribution in [0.15, 0.2) is 31.1 Å². The third-order valence-corrected chi connectivity index (χ3v) is 7.57. The molecule has 2 saturated heterocycles. The van der Waals surface area contributed by atoms with Crippen molar-refractivity contribution in [2.24, 2.45) is 11.8 Å². The van der Waals surface area contributed by atoms with Crippen molar-refractivity contribution in [3.63, 3.8) is 0 Å². The summed E-state index contributed by atoms with van der Waals surface area (Å²) in [5.74, 6) is -1.97. The molecule has 0 spiro atoms. The minimum atomic E-state index is -0.761. The second-order valence-corrected chi connectivity index (χ2v) is 10.7. The number of carbonyl (C=O) groups is 1. The average molecular weight is 562 g/mol. The van der Waals surface area contributed by atoms with Crippen molar-refractivity contribution >= 4 is 23.4 Å². The van der Waals surface area contributed by atoms with Crippen molar-refractivity contribution < 1.29 is 27.8 Å². The molecule has 6 rings (SSSR count). The molecule has 2 aromatic heterocycles. The highest BCUT2D eigenvalue weighted by Crippen LogP contribution is 2.40. The predicted octanol–water partition coefficient (Wildman–Crippen LogP) is 3.62. The average Bonchev–Trinajstić information content (AvgIpc) is 3.37. The van der Waals surface area contributed by atoms with Gasteiger partial charge in [0.2, 0.25) is 5.82 Å². The largest absolute Gasteiger partial charge is 0.471 e. The molecular weight excluding hydrogens is 536 g/mol. The second-order valence-electron chi connectivity index (χ2n) is 10.3. The molecule has 1 saturated carbocycles. The summed E-state index contributed by atoms with van der Waals surface area (Å²) in [5.41, 5.74) is -0.000230. The fourth-order valence-electron chi connectivity index (χ4n) is 4.89. The number of piperidine rings is 1. The Hall–Kier alpha value is -3.58. The molecule has 1 amide bonds. The van der Waals surface area contributed by atoms with E-state index in [4.69, 9.17) is 25.8 Å². The highest BCUT2D eigenvalue weighted by Gasteiger charge is 2.47. The van der Waals surface area contributed by atoms with Gasteiger partial charge < -0.3 is 24.4 Å². The summed E-state index contributed by atoms with van der Waals surface area (Å²) in [5, 5.41) is 6.85. The van der Waals surface area contributed by atoms with Crippen LogP contribution in [-0.4, -0.2) is 73.7 Å². The quantitative estimate of drug-likeness (QED) is 0.461. The topological polar surface area (TPSA) is 117 Å². The molecule has 2 aliphatic heterocycles. The summed E-state index contributed by atoms with van der Waals surface area (Å²) in [7, 11) is 0. The SMILES string of the molecule is CC1(OC(=O)N2CC3COCC(C2)C3Oc2ncnc(CNc3c(F)cc(-n4cncn4)cc3Cl)c2F)CC1. The van der Waals surface area contributed by atoms with Crippen molar-refractivity contribution in [1.82, 2.24) is 29.6 Å². The van der Waals surface area contributed by atoms with Crippen LogP contribution in [0.5, 0.6) is 5.88 Å². The number of hydrogen-bond acceptors (Lipinski definition) is 9. The van der Waals surface area contributed by atoms with E-state index in [0.29, 0.717) is 32.0 Å². The summed E-state index contributed by atoms with van der Waals surface area (Å²) in [6, 6.07) is 2.75. The Morgan fingerprint density at radius 1 is 1.21 bits per heavy atom. The van der Waals surface area contributed by atoms with Crippen molar-refractivity contribution in [2.45, 2.75) is 38.0 Å². The molecule has 1 aliphatic carbocycles. The first-order chi connectivity index (χ1) is 18.8. The van der Waals surface area contributed by atoms with Gasteiger partial charge in [-0.05, 0) is 25.8 Å². The molecule has 2 bridgehead atoms. The third-order valence-electron chi connectivity index (χ3n) is 7.27. The molecule has 14 heteroatoms. The minimum absolute atomic E-state index is 0.00740. The van der Waals surface area contributed by atoms with E-state index < -0.39 is 17.7 Å². The number of carbonyl (C=O) groups excluding carboxylic acids is 1. The molecule has 206 valence electrons. The number of rotatable bonds is 7. The van der Waals surface area contributed by atoms with E-state index in [1.165, 1.54) is 35.8 Å². The smallest absolute Gasteiger partial charge is 0.410 e. The number of benzene rings is 1. The lowest BCUT2D eigenvalue weighted by atomic mass is 9.84. The molecule has 4 heterocycles. The van der Waals surface area contributed by atoms with Crippen LogP contribution < -0.4 is 10.1 Å². The van der Waals surface area contributed by atoms with Crippen LogP contribution in [0.3, 0.4) is 0 Å². The van der Waals surface area contributed by atoms with E-state index in [2.05, 4.69) is 25.4 Å². The van der Waals surface area contributed by atoms with Crippen LogP contribution >= 0.6 is 11.6 Å². The van der Waals surface area contributed by atoms with Gasteiger partial charge in [0, 0.05) is 31.0 Å². The molecule has 3 aromatic rings. The number of anilines is 1. The van der Waals surface area contributed by atoms with E-state index in [9.17, 15) is 9.18 Å². The lowest BCUT2D eigenvalue weighted by molar-refractivity contribution is -0.112.